The van der Waals surface area contributed by atoms with Crippen molar-refractivity contribution in [1.29, 1.82) is 0 Å². The topological polar surface area (TPSA) is 62.3 Å². The Morgan fingerprint density at radius 2 is 2.13 bits per heavy atom. The molecule has 1 aromatic heterocycles. The molecule has 2 aromatic rings. The van der Waals surface area contributed by atoms with Crippen LogP contribution in [-0.2, 0) is 4.79 Å². The normalized spacial score (nSPS) is 9.93. The third kappa shape index (κ3) is 1.88. The molecule has 0 spiro atoms. The summed E-state index contributed by atoms with van der Waals surface area (Å²) in [4.78, 5) is 27.8. The van der Waals surface area contributed by atoms with Crippen molar-refractivity contribution in [3.63, 3.8) is 0 Å². The molecule has 15 heavy (non-hydrogen) atoms. The Kier molecular flexibility index (Phi) is 2.49. The van der Waals surface area contributed by atoms with E-state index < -0.39 is 0 Å². The summed E-state index contributed by atoms with van der Waals surface area (Å²) in [6.07, 6.45) is 1.38. The number of hydrogen-bond acceptors (Lipinski definition) is 3. The highest BCUT2D eigenvalue weighted by atomic mass is 79.9. The molecule has 0 atom stereocenters. The molecule has 0 saturated heterocycles. The molecule has 1 aromatic carbocycles. The fourth-order valence-corrected chi connectivity index (χ4v) is 1.68. The van der Waals surface area contributed by atoms with Crippen LogP contribution < -0.4 is 5.43 Å². The van der Waals surface area contributed by atoms with Gasteiger partial charge in [-0.05, 0) is 18.2 Å². The molecule has 5 heteroatoms. The zero-order chi connectivity index (χ0) is 10.8. The zero-order valence-electron chi connectivity index (χ0n) is 7.45. The van der Waals surface area contributed by atoms with Gasteiger partial charge in [0.05, 0.1) is 5.52 Å². The molecule has 0 unspecified atom stereocenters. The van der Waals surface area contributed by atoms with E-state index in [4.69, 9.17) is 0 Å². The monoisotopic (exact) mass is 264 g/mol. The van der Waals surface area contributed by atoms with Crippen molar-refractivity contribution in [2.75, 3.05) is 0 Å². The van der Waals surface area contributed by atoms with Crippen molar-refractivity contribution in [3.05, 3.63) is 39.0 Å². The average Bonchev–Trinajstić information content (AvgIpc) is 2.17. The maximum Gasteiger partial charge on any atom is 0.242 e. The number of isocyanates is 1. The number of carbonyl (C=O) groups excluding carboxylic acids is 1. The molecule has 0 radical (unpaired) electrons. The number of nitrogens with zero attached hydrogens (tertiary/aromatic N) is 1. The molecule has 0 saturated carbocycles. The van der Waals surface area contributed by atoms with Crippen molar-refractivity contribution >= 4 is 38.7 Å². The average molecular weight is 265 g/mol. The lowest BCUT2D eigenvalue weighted by Crippen LogP contribution is -2.00. The summed E-state index contributed by atoms with van der Waals surface area (Å²) >= 11 is 3.29. The maximum atomic E-state index is 11.6. The quantitative estimate of drug-likeness (QED) is 0.635. The molecular formula is C10H5BrN2O2. The first-order valence-electron chi connectivity index (χ1n) is 4.11. The van der Waals surface area contributed by atoms with Gasteiger partial charge in [-0.3, -0.25) is 4.79 Å². The first-order valence-corrected chi connectivity index (χ1v) is 4.90. The van der Waals surface area contributed by atoms with Crippen LogP contribution in [0.25, 0.3) is 10.9 Å². The number of H-pyrrole nitrogens is 1. The van der Waals surface area contributed by atoms with E-state index in [1.807, 2.05) is 0 Å². The van der Waals surface area contributed by atoms with E-state index in [0.29, 0.717) is 10.9 Å². The summed E-state index contributed by atoms with van der Waals surface area (Å²) in [5.74, 6) is 0.209. The van der Waals surface area contributed by atoms with Gasteiger partial charge >= 0.3 is 0 Å². The van der Waals surface area contributed by atoms with Gasteiger partial charge in [0.15, 0.2) is 5.43 Å². The Balaban J connectivity index is 2.85. The number of hydrogen-bond donors (Lipinski definition) is 1. The molecule has 0 aliphatic carbocycles. The molecule has 0 bridgehead atoms. The summed E-state index contributed by atoms with van der Waals surface area (Å²) in [6.45, 7) is 0. The fraction of sp³-hybridized carbons (Fsp3) is 0. The molecule has 0 aliphatic heterocycles. The number of nitrogens with one attached hydrogen (secondary N) is 1. The van der Waals surface area contributed by atoms with Gasteiger partial charge in [0, 0.05) is 15.9 Å². The van der Waals surface area contributed by atoms with Crippen molar-refractivity contribution in [2.45, 2.75) is 0 Å². The molecule has 0 aliphatic rings. The number of fused-ring (bicyclic) bond motifs is 1. The van der Waals surface area contributed by atoms with E-state index in [9.17, 15) is 9.59 Å². The van der Waals surface area contributed by atoms with Crippen LogP contribution in [0.1, 0.15) is 0 Å². The number of aliphatic imine (C=N–C) groups is 1. The Morgan fingerprint density at radius 3 is 2.87 bits per heavy atom. The smallest absolute Gasteiger partial charge is 0.242 e. The van der Waals surface area contributed by atoms with Crippen LogP contribution in [0.5, 0.6) is 0 Å². The number of rotatable bonds is 1. The minimum absolute atomic E-state index is 0.176. The predicted octanol–water partition coefficient (Wildman–Crippen LogP) is 2.26. The summed E-state index contributed by atoms with van der Waals surface area (Å²) in [6, 6.07) is 6.49. The van der Waals surface area contributed by atoms with E-state index in [2.05, 4.69) is 25.9 Å². The van der Waals surface area contributed by atoms with Gasteiger partial charge < -0.3 is 4.98 Å². The van der Waals surface area contributed by atoms with Crippen LogP contribution in [0.3, 0.4) is 0 Å². The minimum Gasteiger partial charge on any atom is -0.339 e. The second-order valence-electron chi connectivity index (χ2n) is 2.91. The standard InChI is InChI=1S/C10H5BrN2O2/c11-6-1-2-7-8(3-6)13-10(12-5-14)4-9(7)15/h1-4H,(H,13,15). The van der Waals surface area contributed by atoms with Crippen molar-refractivity contribution in [2.24, 2.45) is 4.99 Å². The van der Waals surface area contributed by atoms with E-state index in [1.54, 1.807) is 18.2 Å². The van der Waals surface area contributed by atoms with Gasteiger partial charge in [-0.15, -0.1) is 4.99 Å². The molecule has 0 amide bonds. The van der Waals surface area contributed by atoms with Crippen LogP contribution in [-0.4, -0.2) is 11.1 Å². The second-order valence-corrected chi connectivity index (χ2v) is 3.83. The molecule has 1 heterocycles. The number of aromatic nitrogens is 1. The lowest BCUT2D eigenvalue weighted by atomic mass is 10.2. The van der Waals surface area contributed by atoms with Crippen LogP contribution >= 0.6 is 15.9 Å². The van der Waals surface area contributed by atoms with Gasteiger partial charge in [0.25, 0.3) is 0 Å². The number of aromatic amines is 1. The number of pyridine rings is 1. The largest absolute Gasteiger partial charge is 0.339 e. The van der Waals surface area contributed by atoms with Crippen LogP contribution in [0, 0.1) is 0 Å². The predicted molar refractivity (Wildman–Crippen MR) is 60.1 cm³/mol. The minimum atomic E-state index is -0.176. The summed E-state index contributed by atoms with van der Waals surface area (Å²) in [5, 5.41) is 0.558. The summed E-state index contributed by atoms with van der Waals surface area (Å²) in [7, 11) is 0. The molecule has 2 rings (SSSR count). The van der Waals surface area contributed by atoms with E-state index in [-0.39, 0.29) is 11.2 Å². The number of halogens is 1. The van der Waals surface area contributed by atoms with E-state index in [0.717, 1.165) is 4.47 Å². The highest BCUT2D eigenvalue weighted by molar-refractivity contribution is 9.10. The highest BCUT2D eigenvalue weighted by Gasteiger charge is 2.01. The number of benzene rings is 1. The fourth-order valence-electron chi connectivity index (χ4n) is 1.32. The van der Waals surface area contributed by atoms with Gasteiger partial charge in [-0.1, -0.05) is 15.9 Å². The van der Waals surface area contributed by atoms with Gasteiger partial charge in [0.2, 0.25) is 6.08 Å². The summed E-state index contributed by atoms with van der Waals surface area (Å²) in [5.41, 5.74) is 0.455. The lowest BCUT2D eigenvalue weighted by Gasteiger charge is -1.99. The third-order valence-electron chi connectivity index (χ3n) is 1.94. The van der Waals surface area contributed by atoms with Gasteiger partial charge in [-0.25, -0.2) is 4.79 Å². The Labute approximate surface area is 92.8 Å². The third-order valence-corrected chi connectivity index (χ3v) is 2.44. The van der Waals surface area contributed by atoms with Crippen LogP contribution in [0.2, 0.25) is 0 Å². The Hall–Kier alpha value is -1.71. The van der Waals surface area contributed by atoms with E-state index >= 15 is 0 Å². The second kappa shape index (κ2) is 3.81. The summed E-state index contributed by atoms with van der Waals surface area (Å²) < 4.78 is 0.845. The van der Waals surface area contributed by atoms with Crippen molar-refractivity contribution < 1.29 is 4.79 Å². The first kappa shape index (κ1) is 9.83. The van der Waals surface area contributed by atoms with Gasteiger partial charge in [0.1, 0.15) is 5.82 Å². The Bertz CT molecular complexity index is 627. The van der Waals surface area contributed by atoms with Gasteiger partial charge in [-0.2, -0.15) is 0 Å². The van der Waals surface area contributed by atoms with Crippen molar-refractivity contribution in [3.8, 4) is 0 Å². The molecular weight excluding hydrogens is 260 g/mol. The lowest BCUT2D eigenvalue weighted by molar-refractivity contribution is 0.565. The Morgan fingerprint density at radius 1 is 1.33 bits per heavy atom. The van der Waals surface area contributed by atoms with Crippen LogP contribution in [0.4, 0.5) is 5.82 Å². The molecule has 74 valence electrons. The maximum absolute atomic E-state index is 11.6. The molecule has 1 N–H and O–H groups in total. The SMILES string of the molecule is O=C=Nc1cc(=O)c2ccc(Br)cc2[nH]1. The van der Waals surface area contributed by atoms with Crippen LogP contribution in [0.15, 0.2) is 38.5 Å². The highest BCUT2D eigenvalue weighted by Crippen LogP contribution is 2.17. The van der Waals surface area contributed by atoms with Crippen molar-refractivity contribution in [1.82, 2.24) is 4.98 Å². The van der Waals surface area contributed by atoms with E-state index in [1.165, 1.54) is 12.1 Å². The zero-order valence-corrected chi connectivity index (χ0v) is 9.04. The first-order chi connectivity index (χ1) is 7.20. The molecule has 0 fully saturated rings. The molecule has 4 nitrogen and oxygen atoms in total.